The minimum absolute atomic E-state index is 0.258. The van der Waals surface area contributed by atoms with Gasteiger partial charge in [-0.3, -0.25) is 9.36 Å². The lowest BCUT2D eigenvalue weighted by Gasteiger charge is -2.12. The van der Waals surface area contributed by atoms with E-state index < -0.39 is 17.1 Å². The predicted octanol–water partition coefficient (Wildman–Crippen LogP) is 1.18. The van der Waals surface area contributed by atoms with Gasteiger partial charge in [-0.15, -0.1) is 0 Å². The largest absolute Gasteiger partial charge is 0.442 e. The fourth-order valence-electron chi connectivity index (χ4n) is 1.22. The van der Waals surface area contributed by atoms with Gasteiger partial charge in [0.15, 0.2) is 6.23 Å². The molecule has 1 rings (SSSR count). The number of nitro groups is 1. The zero-order valence-electron chi connectivity index (χ0n) is 8.63. The molecule has 0 fully saturated rings. The van der Waals surface area contributed by atoms with Crippen LogP contribution in [-0.2, 0) is 9.53 Å². The minimum Gasteiger partial charge on any atom is -0.442 e. The topological polar surface area (TPSA) is 87.3 Å². The second-order valence-corrected chi connectivity index (χ2v) is 3.02. The zero-order valence-corrected chi connectivity index (χ0v) is 8.63. The number of esters is 1. The Morgan fingerprint density at radius 2 is 2.33 bits per heavy atom. The third-order valence-electron chi connectivity index (χ3n) is 1.82. The summed E-state index contributed by atoms with van der Waals surface area (Å²) in [5.74, 6) is -0.278. The van der Waals surface area contributed by atoms with Gasteiger partial charge in [-0.05, 0) is 16.8 Å². The molecule has 0 saturated carbocycles. The summed E-state index contributed by atoms with van der Waals surface area (Å²) in [5.41, 5.74) is 0. The molecule has 1 aromatic rings. The van der Waals surface area contributed by atoms with Gasteiger partial charge in [0.2, 0.25) is 5.82 Å². The van der Waals surface area contributed by atoms with E-state index in [-0.39, 0.29) is 5.82 Å². The molecule has 15 heavy (non-hydrogen) atoms. The first-order valence-corrected chi connectivity index (χ1v) is 4.29. The molecule has 0 N–H and O–H groups in total. The summed E-state index contributed by atoms with van der Waals surface area (Å²) in [6, 6.07) is 0. The first-order valence-electron chi connectivity index (χ1n) is 4.29. The highest BCUT2D eigenvalue weighted by Crippen LogP contribution is 2.16. The molecule has 0 aliphatic carbocycles. The Morgan fingerprint density at radius 3 is 2.73 bits per heavy atom. The van der Waals surface area contributed by atoms with Gasteiger partial charge in [0.1, 0.15) is 6.20 Å². The second kappa shape index (κ2) is 4.07. The van der Waals surface area contributed by atoms with Crippen molar-refractivity contribution < 1.29 is 14.5 Å². The second-order valence-electron chi connectivity index (χ2n) is 3.02. The van der Waals surface area contributed by atoms with Crippen LogP contribution in [0.4, 0.5) is 5.82 Å². The van der Waals surface area contributed by atoms with E-state index in [1.54, 1.807) is 13.8 Å². The van der Waals surface area contributed by atoms with Crippen LogP contribution in [0.15, 0.2) is 6.20 Å². The summed E-state index contributed by atoms with van der Waals surface area (Å²) in [5, 5.41) is 10.4. The molecule has 1 unspecified atom stereocenters. The molecule has 0 aliphatic rings. The van der Waals surface area contributed by atoms with Gasteiger partial charge in [-0.1, -0.05) is 0 Å². The van der Waals surface area contributed by atoms with Crippen LogP contribution < -0.4 is 0 Å². The molecule has 1 heterocycles. The smallest absolute Gasteiger partial charge is 0.381 e. The first-order chi connectivity index (χ1) is 6.91. The Morgan fingerprint density at radius 1 is 1.73 bits per heavy atom. The van der Waals surface area contributed by atoms with Gasteiger partial charge in [0, 0.05) is 13.8 Å². The first kappa shape index (κ1) is 11.2. The number of hydrogen-bond donors (Lipinski definition) is 0. The van der Waals surface area contributed by atoms with Crippen LogP contribution in [0.2, 0.25) is 0 Å². The summed E-state index contributed by atoms with van der Waals surface area (Å²) in [6.45, 7) is 4.49. The highest BCUT2D eigenvalue weighted by Gasteiger charge is 2.19. The number of aromatic nitrogens is 2. The molecule has 82 valence electrons. The Hall–Kier alpha value is -1.92. The molecule has 0 aliphatic heterocycles. The van der Waals surface area contributed by atoms with E-state index in [0.29, 0.717) is 5.82 Å². The van der Waals surface area contributed by atoms with Crippen molar-refractivity contribution in [1.29, 1.82) is 0 Å². The van der Waals surface area contributed by atoms with Crippen molar-refractivity contribution in [2.75, 3.05) is 0 Å². The molecule has 0 bridgehead atoms. The lowest BCUT2D eigenvalue weighted by molar-refractivity contribution is -0.389. The van der Waals surface area contributed by atoms with Crippen molar-refractivity contribution in [1.82, 2.24) is 9.55 Å². The summed E-state index contributed by atoms with van der Waals surface area (Å²) in [4.78, 5) is 24.2. The van der Waals surface area contributed by atoms with Gasteiger partial charge in [0.05, 0.1) is 0 Å². The summed E-state index contributed by atoms with van der Waals surface area (Å²) < 4.78 is 6.30. The number of aryl methyl sites for hydroxylation is 1. The molecule has 1 aromatic heterocycles. The van der Waals surface area contributed by atoms with Crippen molar-refractivity contribution in [3.8, 4) is 0 Å². The van der Waals surface area contributed by atoms with Crippen molar-refractivity contribution >= 4 is 11.8 Å². The van der Waals surface area contributed by atoms with Crippen LogP contribution >= 0.6 is 0 Å². The summed E-state index contributed by atoms with van der Waals surface area (Å²) >= 11 is 0. The number of ether oxygens (including phenoxy) is 1. The minimum atomic E-state index is -0.594. The number of imidazole rings is 1. The van der Waals surface area contributed by atoms with Crippen LogP contribution in [0.25, 0.3) is 0 Å². The third kappa shape index (κ3) is 2.52. The molecule has 0 amide bonds. The number of carbonyl (C=O) groups excluding carboxylic acids is 1. The average molecular weight is 213 g/mol. The molecule has 0 spiro atoms. The van der Waals surface area contributed by atoms with Crippen molar-refractivity contribution in [3.63, 3.8) is 0 Å². The molecular formula is C8H11N3O4. The van der Waals surface area contributed by atoms with E-state index in [0.717, 1.165) is 0 Å². The third-order valence-corrected chi connectivity index (χ3v) is 1.82. The zero-order chi connectivity index (χ0) is 11.6. The molecule has 7 heteroatoms. The molecular weight excluding hydrogens is 202 g/mol. The van der Waals surface area contributed by atoms with E-state index >= 15 is 0 Å². The maximum absolute atomic E-state index is 10.7. The highest BCUT2D eigenvalue weighted by atomic mass is 16.6. The van der Waals surface area contributed by atoms with Gasteiger partial charge < -0.3 is 14.9 Å². The van der Waals surface area contributed by atoms with Crippen molar-refractivity contribution in [2.45, 2.75) is 27.0 Å². The van der Waals surface area contributed by atoms with Crippen molar-refractivity contribution in [2.24, 2.45) is 0 Å². The molecule has 7 nitrogen and oxygen atoms in total. The Kier molecular flexibility index (Phi) is 3.03. The van der Waals surface area contributed by atoms with Crippen LogP contribution in [0.3, 0.4) is 0 Å². The molecule has 1 atom stereocenters. The summed E-state index contributed by atoms with van der Waals surface area (Å²) in [7, 11) is 0. The van der Waals surface area contributed by atoms with Gasteiger partial charge in [-0.2, -0.15) is 0 Å². The monoisotopic (exact) mass is 213 g/mol. The normalized spacial score (nSPS) is 12.2. The van der Waals surface area contributed by atoms with Gasteiger partial charge in [0.25, 0.3) is 0 Å². The van der Waals surface area contributed by atoms with E-state index in [9.17, 15) is 14.9 Å². The molecule has 0 aromatic carbocycles. The SMILES string of the molecule is CC(=O)OC(C)n1cc([N+](=O)[O-])nc1C. The maximum atomic E-state index is 10.7. The van der Waals surface area contributed by atoms with Crippen molar-refractivity contribution in [3.05, 3.63) is 22.1 Å². The number of rotatable bonds is 3. The number of nitrogens with zero attached hydrogens (tertiary/aromatic N) is 3. The quantitative estimate of drug-likeness (QED) is 0.427. The van der Waals surface area contributed by atoms with E-state index in [1.807, 2.05) is 0 Å². The average Bonchev–Trinajstić information content (AvgIpc) is 2.46. The fourth-order valence-corrected chi connectivity index (χ4v) is 1.22. The standard InChI is InChI=1S/C8H11N3O4/c1-5-9-8(11(13)14)4-10(5)6(2)15-7(3)12/h4,6H,1-3H3. The molecule has 0 saturated heterocycles. The molecule has 0 radical (unpaired) electrons. The Balaban J connectivity index is 2.94. The number of carbonyl (C=O) groups is 1. The Labute approximate surface area is 85.8 Å². The lowest BCUT2D eigenvalue weighted by Crippen LogP contribution is -2.12. The predicted molar refractivity (Wildman–Crippen MR) is 50.1 cm³/mol. The van der Waals surface area contributed by atoms with Crippen LogP contribution in [0, 0.1) is 17.0 Å². The summed E-state index contributed by atoms with van der Waals surface area (Å²) in [6.07, 6.45) is 0.645. The Bertz CT molecular complexity index is 399. The van der Waals surface area contributed by atoms with E-state index in [2.05, 4.69) is 4.98 Å². The van der Waals surface area contributed by atoms with E-state index in [1.165, 1.54) is 17.7 Å². The van der Waals surface area contributed by atoms with Gasteiger partial charge >= 0.3 is 11.8 Å². The van der Waals surface area contributed by atoms with E-state index in [4.69, 9.17) is 4.74 Å². The lowest BCUT2D eigenvalue weighted by atomic mass is 10.5. The maximum Gasteiger partial charge on any atom is 0.381 e. The fraction of sp³-hybridized carbons (Fsp3) is 0.500. The highest BCUT2D eigenvalue weighted by molar-refractivity contribution is 5.65. The van der Waals surface area contributed by atoms with Crippen LogP contribution in [0.1, 0.15) is 25.9 Å². The number of hydrogen-bond acceptors (Lipinski definition) is 5. The van der Waals surface area contributed by atoms with Crippen LogP contribution in [-0.4, -0.2) is 20.4 Å². The van der Waals surface area contributed by atoms with Crippen LogP contribution in [0.5, 0.6) is 0 Å². The van der Waals surface area contributed by atoms with Gasteiger partial charge in [-0.25, -0.2) is 0 Å².